The van der Waals surface area contributed by atoms with E-state index in [0.29, 0.717) is 30.1 Å². The highest BCUT2D eigenvalue weighted by molar-refractivity contribution is 7.05. The molecule has 30 heavy (non-hydrogen) atoms. The van der Waals surface area contributed by atoms with Gasteiger partial charge in [0.05, 0.1) is 51.7 Å². The van der Waals surface area contributed by atoms with Crippen LogP contribution in [0.4, 0.5) is 5.69 Å². The van der Waals surface area contributed by atoms with E-state index in [1.807, 2.05) is 24.1 Å². The molecule has 0 bridgehead atoms. The summed E-state index contributed by atoms with van der Waals surface area (Å²) in [4.78, 5) is 17.3. The highest BCUT2D eigenvalue weighted by Crippen LogP contribution is 2.49. The molecule has 0 saturated carbocycles. The molecule has 1 saturated heterocycles. The normalized spacial score (nSPS) is 21.4. The third-order valence-corrected chi connectivity index (χ3v) is 6.59. The number of nitrogens with zero attached hydrogens (tertiary/aromatic N) is 4. The van der Waals surface area contributed by atoms with Crippen LogP contribution in [0.5, 0.6) is 5.75 Å². The maximum atomic E-state index is 10.5. The minimum Gasteiger partial charge on any atom is -0.491 e. The maximum absolute atomic E-state index is 10.5. The summed E-state index contributed by atoms with van der Waals surface area (Å²) in [5, 5.41) is 3.58. The van der Waals surface area contributed by atoms with Gasteiger partial charge in [0, 0.05) is 12.8 Å². The van der Waals surface area contributed by atoms with Crippen LogP contribution in [0.25, 0.3) is 5.57 Å². The molecule has 1 amide bonds. The molecule has 0 radical (unpaired) electrons. The molecule has 1 aromatic carbocycles. The minimum atomic E-state index is 0.421. The number of carbonyl (C=O) groups is 1. The lowest BCUT2D eigenvalue weighted by molar-refractivity contribution is -0.110. The monoisotopic (exact) mass is 430 g/mol. The van der Waals surface area contributed by atoms with Crippen molar-refractivity contribution in [3.63, 3.8) is 0 Å². The first-order chi connectivity index (χ1) is 14.6. The first-order valence-electron chi connectivity index (χ1n) is 10.1. The van der Waals surface area contributed by atoms with Gasteiger partial charge in [-0.15, -0.1) is 0 Å². The number of nitrogens with one attached hydrogen (secondary N) is 1. The molecule has 160 valence electrons. The lowest BCUT2D eigenvalue weighted by Gasteiger charge is -2.38. The predicted octanol–water partition coefficient (Wildman–Crippen LogP) is 2.20. The van der Waals surface area contributed by atoms with E-state index in [-0.39, 0.29) is 0 Å². The average Bonchev–Trinajstić information content (AvgIpc) is 3.36. The zero-order chi connectivity index (χ0) is 21.1. The Hall–Kier alpha value is -2.33. The second-order valence-electron chi connectivity index (χ2n) is 7.90. The Morgan fingerprint density at radius 2 is 2.20 bits per heavy atom. The number of hydrogen-bond acceptors (Lipinski definition) is 7. The van der Waals surface area contributed by atoms with E-state index in [4.69, 9.17) is 14.5 Å². The Bertz CT molecular complexity index is 940. The number of hydrogen-bond donors (Lipinski definition) is 1. The van der Waals surface area contributed by atoms with Gasteiger partial charge in [-0.05, 0) is 30.7 Å². The summed E-state index contributed by atoms with van der Waals surface area (Å²) in [6.45, 7) is 2.67. The molecule has 3 heterocycles. The third-order valence-electron chi connectivity index (χ3n) is 5.90. The summed E-state index contributed by atoms with van der Waals surface area (Å²) >= 11 is 1.40. The summed E-state index contributed by atoms with van der Waals surface area (Å²) in [7, 11) is 5.91. The summed E-state index contributed by atoms with van der Waals surface area (Å²) in [6.07, 6.45) is 4.99. The van der Waals surface area contributed by atoms with Gasteiger partial charge in [0.15, 0.2) is 17.3 Å². The SMILES string of the molecule is COc1cccc2c1[N+](C)(C1CCOCC1)C=C2c1nsc(CN(C)CNC=O)n1. The number of fused-ring (bicyclic) bond motifs is 1. The van der Waals surface area contributed by atoms with E-state index < -0.39 is 0 Å². The number of carbonyl (C=O) groups excluding carboxylic acids is 1. The molecular formula is C21H28N5O3S+. The van der Waals surface area contributed by atoms with Gasteiger partial charge in [0.2, 0.25) is 6.41 Å². The van der Waals surface area contributed by atoms with Gasteiger partial charge < -0.3 is 14.8 Å². The highest BCUT2D eigenvalue weighted by atomic mass is 32.1. The van der Waals surface area contributed by atoms with Crippen LogP contribution in [-0.2, 0) is 16.1 Å². The summed E-state index contributed by atoms with van der Waals surface area (Å²) in [5.41, 5.74) is 3.35. The third kappa shape index (κ3) is 3.85. The standard InChI is InChI=1S/C21H27N5O3S/c1-25(13-22-14-27)11-19-23-21(24-30-19)17-12-26(2,15-7-9-29-10-8-15)20-16(17)5-4-6-18(20)28-3/h4-6,12,14-15H,7-11,13H2,1-3H3/p+1. The molecule has 8 nitrogen and oxygen atoms in total. The Kier molecular flexibility index (Phi) is 6.14. The number of methoxy groups -OCH3 is 1. The van der Waals surface area contributed by atoms with Crippen LogP contribution in [0.15, 0.2) is 24.4 Å². The van der Waals surface area contributed by atoms with E-state index in [2.05, 4.69) is 29.0 Å². The van der Waals surface area contributed by atoms with Crippen LogP contribution in [0.1, 0.15) is 29.2 Å². The summed E-state index contributed by atoms with van der Waals surface area (Å²) in [5.74, 6) is 1.64. The molecule has 1 aromatic heterocycles. The second kappa shape index (κ2) is 8.81. The fourth-order valence-electron chi connectivity index (χ4n) is 4.40. The van der Waals surface area contributed by atoms with E-state index in [9.17, 15) is 4.79 Å². The van der Waals surface area contributed by atoms with Crippen LogP contribution in [0, 0.1) is 0 Å². The van der Waals surface area contributed by atoms with Gasteiger partial charge in [0.1, 0.15) is 17.2 Å². The molecule has 9 heteroatoms. The largest absolute Gasteiger partial charge is 0.491 e. The topological polar surface area (TPSA) is 76.6 Å². The fraction of sp³-hybridized carbons (Fsp3) is 0.476. The lowest BCUT2D eigenvalue weighted by Crippen LogP contribution is -2.50. The Morgan fingerprint density at radius 3 is 2.93 bits per heavy atom. The van der Waals surface area contributed by atoms with Crippen molar-refractivity contribution < 1.29 is 14.3 Å². The van der Waals surface area contributed by atoms with Crippen LogP contribution in [0.2, 0.25) is 0 Å². The first kappa shape index (κ1) is 20.9. The molecule has 1 N–H and O–H groups in total. The molecule has 4 rings (SSSR count). The zero-order valence-corrected chi connectivity index (χ0v) is 18.4. The van der Waals surface area contributed by atoms with Crippen LogP contribution in [-0.4, -0.2) is 67.8 Å². The molecule has 2 aliphatic rings. The van der Waals surface area contributed by atoms with Crippen LogP contribution < -0.4 is 14.5 Å². The second-order valence-corrected chi connectivity index (χ2v) is 8.73. The molecule has 2 aromatic rings. The van der Waals surface area contributed by atoms with Crippen LogP contribution >= 0.6 is 11.5 Å². The van der Waals surface area contributed by atoms with Crippen molar-refractivity contribution in [3.8, 4) is 5.75 Å². The number of rotatable bonds is 8. The van der Waals surface area contributed by atoms with E-state index in [1.165, 1.54) is 17.2 Å². The molecule has 0 spiro atoms. The quantitative estimate of drug-likeness (QED) is 0.393. The number of para-hydroxylation sites is 1. The van der Waals surface area contributed by atoms with Crippen molar-refractivity contribution >= 4 is 29.2 Å². The van der Waals surface area contributed by atoms with Gasteiger partial charge in [-0.25, -0.2) is 4.98 Å². The first-order valence-corrected chi connectivity index (χ1v) is 10.9. The molecule has 0 aliphatic carbocycles. The van der Waals surface area contributed by atoms with E-state index in [1.54, 1.807) is 7.11 Å². The van der Waals surface area contributed by atoms with E-state index >= 15 is 0 Å². The van der Waals surface area contributed by atoms with Crippen molar-refractivity contribution in [1.82, 2.24) is 24.1 Å². The van der Waals surface area contributed by atoms with Gasteiger partial charge in [-0.1, -0.05) is 6.07 Å². The highest BCUT2D eigenvalue weighted by Gasteiger charge is 2.45. The number of benzene rings is 1. The van der Waals surface area contributed by atoms with Gasteiger partial charge in [0.25, 0.3) is 0 Å². The Labute approximate surface area is 180 Å². The van der Waals surface area contributed by atoms with Gasteiger partial charge >= 0.3 is 0 Å². The lowest BCUT2D eigenvalue weighted by atomic mass is 10.0. The van der Waals surface area contributed by atoms with Crippen molar-refractivity contribution in [2.24, 2.45) is 0 Å². The van der Waals surface area contributed by atoms with Crippen molar-refractivity contribution in [2.75, 3.05) is 41.1 Å². The van der Waals surface area contributed by atoms with Crippen molar-refractivity contribution in [2.45, 2.75) is 25.4 Å². The summed E-state index contributed by atoms with van der Waals surface area (Å²) < 4.78 is 16.7. The fourth-order valence-corrected chi connectivity index (χ4v) is 5.14. The van der Waals surface area contributed by atoms with Gasteiger partial charge in [-0.3, -0.25) is 14.2 Å². The summed E-state index contributed by atoms with van der Waals surface area (Å²) in [6, 6.07) is 6.61. The zero-order valence-electron chi connectivity index (χ0n) is 17.6. The smallest absolute Gasteiger partial charge is 0.208 e. The molecule has 1 fully saturated rings. The number of ether oxygens (including phenoxy) is 2. The molecule has 1 atom stereocenters. The number of amides is 1. The minimum absolute atomic E-state index is 0.421. The molecule has 1 unspecified atom stereocenters. The Balaban J connectivity index is 1.69. The molecular weight excluding hydrogens is 402 g/mol. The number of quaternary nitrogens is 1. The van der Waals surface area contributed by atoms with Crippen LogP contribution in [0.3, 0.4) is 0 Å². The van der Waals surface area contributed by atoms with Gasteiger partial charge in [-0.2, -0.15) is 4.37 Å². The van der Waals surface area contributed by atoms with E-state index in [0.717, 1.165) is 53.8 Å². The van der Waals surface area contributed by atoms with Crippen molar-refractivity contribution in [1.29, 1.82) is 0 Å². The number of aromatic nitrogens is 2. The maximum Gasteiger partial charge on any atom is 0.208 e. The Morgan fingerprint density at radius 1 is 1.40 bits per heavy atom. The van der Waals surface area contributed by atoms with Crippen molar-refractivity contribution in [3.05, 3.63) is 40.8 Å². The molecule has 2 aliphatic heterocycles. The average molecular weight is 431 g/mol. The predicted molar refractivity (Wildman–Crippen MR) is 117 cm³/mol.